The zero-order valence-electron chi connectivity index (χ0n) is 14.5. The lowest BCUT2D eigenvalue weighted by Crippen LogP contribution is -2.48. The molecule has 0 bridgehead atoms. The smallest absolute Gasteiger partial charge is 0.241 e. The number of amides is 1. The average Bonchev–Trinajstić information content (AvgIpc) is 2.59. The van der Waals surface area contributed by atoms with Crippen molar-refractivity contribution in [2.75, 3.05) is 43.4 Å². The van der Waals surface area contributed by atoms with Gasteiger partial charge in [-0.1, -0.05) is 19.8 Å². The molecule has 2 N–H and O–H groups in total. The maximum atomic E-state index is 11.9. The fraction of sp³-hybridized carbons (Fsp3) is 0.706. The summed E-state index contributed by atoms with van der Waals surface area (Å²) in [5.74, 6) is 1.61. The minimum Gasteiger partial charge on any atom is -0.392 e. The number of carbonyl (C=O) groups is 1. The molecule has 24 heavy (non-hydrogen) atoms. The topological polar surface area (TPSA) is 81.6 Å². The first-order valence-corrected chi connectivity index (χ1v) is 8.71. The van der Waals surface area contributed by atoms with Gasteiger partial charge in [0, 0.05) is 38.2 Å². The molecule has 0 aromatic carbocycles. The number of hydrogen-bond acceptors (Lipinski definition) is 6. The third-order valence-electron chi connectivity index (χ3n) is 5.39. The molecule has 1 aliphatic carbocycles. The molecule has 1 aromatic heterocycles. The lowest BCUT2D eigenvalue weighted by Gasteiger charge is -2.38. The Balaban J connectivity index is 1.64. The minimum absolute atomic E-state index is 0.104. The zero-order chi connectivity index (χ0) is 17.2. The monoisotopic (exact) mass is 333 g/mol. The number of nitrogens with one attached hydrogen (secondary N) is 1. The van der Waals surface area contributed by atoms with Gasteiger partial charge in [-0.05, 0) is 12.8 Å². The van der Waals surface area contributed by atoms with Gasteiger partial charge in [-0.2, -0.15) is 0 Å². The number of carbonyl (C=O) groups excluding carboxylic acids is 1. The summed E-state index contributed by atoms with van der Waals surface area (Å²) in [6.07, 6.45) is 5.41. The molecule has 1 aromatic rings. The van der Waals surface area contributed by atoms with Crippen LogP contribution in [0.25, 0.3) is 0 Å². The highest BCUT2D eigenvalue weighted by Crippen LogP contribution is 2.36. The van der Waals surface area contributed by atoms with Gasteiger partial charge in [-0.3, -0.25) is 4.79 Å². The standard InChI is InChI=1S/C17H27N5O2/c1-17(6-4-3-5-13(17)23)11-18-14-9-15(20-12-19-14)22-8-7-21(2)16(24)10-22/h9,12-13,23H,3-8,10-11H2,1-2H3,(H,18,19,20). The van der Waals surface area contributed by atoms with Crippen LogP contribution < -0.4 is 10.2 Å². The van der Waals surface area contributed by atoms with Gasteiger partial charge in [-0.15, -0.1) is 0 Å². The summed E-state index contributed by atoms with van der Waals surface area (Å²) in [4.78, 5) is 24.2. The van der Waals surface area contributed by atoms with E-state index in [0.717, 1.165) is 43.9 Å². The van der Waals surface area contributed by atoms with Gasteiger partial charge in [0.15, 0.2) is 0 Å². The van der Waals surface area contributed by atoms with Crippen molar-refractivity contribution in [1.29, 1.82) is 0 Å². The van der Waals surface area contributed by atoms with Gasteiger partial charge in [0.2, 0.25) is 5.91 Å². The van der Waals surface area contributed by atoms with Crippen LogP contribution in [-0.4, -0.2) is 65.2 Å². The first kappa shape index (κ1) is 17.0. The van der Waals surface area contributed by atoms with Crippen LogP contribution in [0, 0.1) is 5.41 Å². The molecule has 0 radical (unpaired) electrons. The summed E-state index contributed by atoms with van der Waals surface area (Å²) in [5.41, 5.74) is -0.118. The number of aliphatic hydroxyl groups is 1. The fourth-order valence-electron chi connectivity index (χ4n) is 3.45. The van der Waals surface area contributed by atoms with Crippen LogP contribution in [0.15, 0.2) is 12.4 Å². The van der Waals surface area contributed by atoms with E-state index in [0.29, 0.717) is 19.6 Å². The van der Waals surface area contributed by atoms with Crippen LogP contribution in [0.4, 0.5) is 11.6 Å². The van der Waals surface area contributed by atoms with E-state index in [9.17, 15) is 9.90 Å². The maximum absolute atomic E-state index is 11.9. The van der Waals surface area contributed by atoms with Crippen LogP contribution in [0.5, 0.6) is 0 Å². The Morgan fingerprint density at radius 2 is 2.21 bits per heavy atom. The normalized spacial score (nSPS) is 28.1. The Kier molecular flexibility index (Phi) is 4.89. The predicted octanol–water partition coefficient (Wildman–Crippen LogP) is 1.11. The molecule has 1 saturated carbocycles. The van der Waals surface area contributed by atoms with Crippen LogP contribution in [-0.2, 0) is 4.79 Å². The number of aromatic nitrogens is 2. The molecule has 2 fully saturated rings. The zero-order valence-corrected chi connectivity index (χ0v) is 14.5. The highest BCUT2D eigenvalue weighted by molar-refractivity contribution is 5.82. The summed E-state index contributed by atoms with van der Waals surface area (Å²) < 4.78 is 0. The number of piperazine rings is 1. The van der Waals surface area contributed by atoms with Crippen molar-refractivity contribution < 1.29 is 9.90 Å². The maximum Gasteiger partial charge on any atom is 0.241 e. The molecule has 1 saturated heterocycles. The largest absolute Gasteiger partial charge is 0.392 e. The molecular weight excluding hydrogens is 306 g/mol. The lowest BCUT2D eigenvalue weighted by molar-refractivity contribution is -0.129. The van der Waals surface area contributed by atoms with Crippen LogP contribution in [0.1, 0.15) is 32.6 Å². The molecule has 1 amide bonds. The highest BCUT2D eigenvalue weighted by Gasteiger charge is 2.35. The molecule has 3 rings (SSSR count). The molecule has 2 aliphatic rings. The third-order valence-corrected chi connectivity index (χ3v) is 5.39. The van der Waals surface area contributed by atoms with E-state index in [1.807, 2.05) is 18.0 Å². The van der Waals surface area contributed by atoms with Crippen molar-refractivity contribution in [3.63, 3.8) is 0 Å². The average molecular weight is 333 g/mol. The van der Waals surface area contributed by atoms with Crippen molar-refractivity contribution in [1.82, 2.24) is 14.9 Å². The molecule has 132 valence electrons. The van der Waals surface area contributed by atoms with Crippen molar-refractivity contribution in [2.45, 2.75) is 38.7 Å². The summed E-state index contributed by atoms with van der Waals surface area (Å²) >= 11 is 0. The van der Waals surface area contributed by atoms with Gasteiger partial charge in [0.1, 0.15) is 18.0 Å². The van der Waals surface area contributed by atoms with E-state index < -0.39 is 0 Å². The van der Waals surface area contributed by atoms with Gasteiger partial charge in [0.25, 0.3) is 0 Å². The molecule has 7 heteroatoms. The molecule has 1 aliphatic heterocycles. The van der Waals surface area contributed by atoms with Gasteiger partial charge >= 0.3 is 0 Å². The Bertz CT molecular complexity index is 596. The molecule has 2 unspecified atom stereocenters. The fourth-order valence-corrected chi connectivity index (χ4v) is 3.45. The summed E-state index contributed by atoms with van der Waals surface area (Å²) in [6, 6.07) is 1.89. The summed E-state index contributed by atoms with van der Waals surface area (Å²) in [5, 5.41) is 13.6. The van der Waals surface area contributed by atoms with Crippen LogP contribution in [0.3, 0.4) is 0 Å². The molecule has 0 spiro atoms. The van der Waals surface area contributed by atoms with E-state index in [1.165, 1.54) is 6.33 Å². The number of likely N-dealkylation sites (N-methyl/N-ethyl adjacent to an activating group) is 1. The Labute approximate surface area is 143 Å². The molecule has 7 nitrogen and oxygen atoms in total. The van der Waals surface area contributed by atoms with E-state index in [1.54, 1.807) is 4.90 Å². The first-order chi connectivity index (χ1) is 11.5. The van der Waals surface area contributed by atoms with Crippen molar-refractivity contribution in [3.05, 3.63) is 12.4 Å². The first-order valence-electron chi connectivity index (χ1n) is 8.71. The minimum atomic E-state index is -0.268. The predicted molar refractivity (Wildman–Crippen MR) is 93.0 cm³/mol. The highest BCUT2D eigenvalue weighted by atomic mass is 16.3. The molecule has 2 atom stereocenters. The lowest BCUT2D eigenvalue weighted by atomic mass is 9.73. The van der Waals surface area contributed by atoms with E-state index >= 15 is 0 Å². The quantitative estimate of drug-likeness (QED) is 0.859. The van der Waals surface area contributed by atoms with E-state index in [4.69, 9.17) is 0 Å². The summed E-state index contributed by atoms with van der Waals surface area (Å²) in [7, 11) is 1.82. The number of hydrogen-bond donors (Lipinski definition) is 2. The van der Waals surface area contributed by atoms with Gasteiger partial charge in [0.05, 0.1) is 12.6 Å². The Hall–Kier alpha value is -1.89. The number of aliphatic hydroxyl groups excluding tert-OH is 1. The van der Waals surface area contributed by atoms with Crippen LogP contribution in [0.2, 0.25) is 0 Å². The SMILES string of the molecule is CN1CCN(c2cc(NCC3(C)CCCCC3O)ncn2)CC1=O. The van der Waals surface area contributed by atoms with Crippen molar-refractivity contribution in [2.24, 2.45) is 5.41 Å². The van der Waals surface area contributed by atoms with Crippen molar-refractivity contribution >= 4 is 17.5 Å². The Morgan fingerprint density at radius 1 is 1.38 bits per heavy atom. The summed E-state index contributed by atoms with van der Waals surface area (Å²) in [6.45, 7) is 4.64. The number of nitrogens with zero attached hydrogens (tertiary/aromatic N) is 4. The van der Waals surface area contributed by atoms with E-state index in [2.05, 4.69) is 22.2 Å². The number of rotatable bonds is 4. The van der Waals surface area contributed by atoms with Gasteiger partial charge in [-0.25, -0.2) is 9.97 Å². The second-order valence-corrected chi connectivity index (χ2v) is 7.27. The second kappa shape index (κ2) is 6.93. The van der Waals surface area contributed by atoms with E-state index in [-0.39, 0.29) is 17.4 Å². The molecule has 2 heterocycles. The second-order valence-electron chi connectivity index (χ2n) is 7.27. The van der Waals surface area contributed by atoms with Crippen LogP contribution >= 0.6 is 0 Å². The van der Waals surface area contributed by atoms with Gasteiger partial charge < -0.3 is 20.2 Å². The number of anilines is 2. The van der Waals surface area contributed by atoms with Crippen molar-refractivity contribution in [3.8, 4) is 0 Å². The molecular formula is C17H27N5O2. The Morgan fingerprint density at radius 3 is 2.96 bits per heavy atom. The third kappa shape index (κ3) is 3.61.